The van der Waals surface area contributed by atoms with Crippen LogP contribution in [0.4, 0.5) is 11.5 Å². The molecule has 3 nitrogen and oxygen atoms in total. The lowest BCUT2D eigenvalue weighted by atomic mass is 10.2. The number of hydrogen-bond donors (Lipinski definition) is 1. The third kappa shape index (κ3) is 2.61. The molecule has 1 N–H and O–H groups in total. The van der Waals surface area contributed by atoms with E-state index in [-0.39, 0.29) is 0 Å². The number of aromatic nitrogens is 1. The molecule has 1 atom stereocenters. The normalized spacial score (nSPS) is 19.8. The number of thioether (sulfide) groups is 1. The molecule has 1 unspecified atom stereocenters. The van der Waals surface area contributed by atoms with Gasteiger partial charge < -0.3 is 10.2 Å². The van der Waals surface area contributed by atoms with E-state index in [9.17, 15) is 0 Å². The van der Waals surface area contributed by atoms with Crippen LogP contribution in [0.15, 0.2) is 18.3 Å². The Morgan fingerprint density at radius 1 is 1.62 bits per heavy atom. The van der Waals surface area contributed by atoms with Gasteiger partial charge in [-0.05, 0) is 25.2 Å². The van der Waals surface area contributed by atoms with Crippen molar-refractivity contribution >= 4 is 23.3 Å². The fourth-order valence-corrected chi connectivity index (χ4v) is 3.22. The molecule has 4 heteroatoms. The second kappa shape index (κ2) is 5.43. The smallest absolute Gasteiger partial charge is 0.127 e. The van der Waals surface area contributed by atoms with E-state index in [4.69, 9.17) is 0 Å². The maximum absolute atomic E-state index is 4.30. The topological polar surface area (TPSA) is 28.2 Å². The number of hydrogen-bond acceptors (Lipinski definition) is 4. The van der Waals surface area contributed by atoms with Gasteiger partial charge in [-0.3, -0.25) is 0 Å². The monoisotopic (exact) mass is 237 g/mol. The van der Waals surface area contributed by atoms with Gasteiger partial charge in [0.25, 0.3) is 0 Å². The Hall–Kier alpha value is -0.900. The molecule has 1 aromatic heterocycles. The maximum atomic E-state index is 4.30. The molecule has 0 bridgehead atoms. The summed E-state index contributed by atoms with van der Waals surface area (Å²) < 4.78 is 0. The first kappa shape index (κ1) is 11.6. The van der Waals surface area contributed by atoms with E-state index in [0.29, 0.717) is 6.04 Å². The van der Waals surface area contributed by atoms with Gasteiger partial charge in [0, 0.05) is 43.3 Å². The molecular weight excluding hydrogens is 218 g/mol. The highest BCUT2D eigenvalue weighted by Crippen LogP contribution is 2.26. The number of nitrogens with zero attached hydrogens (tertiary/aromatic N) is 2. The molecule has 0 amide bonds. The van der Waals surface area contributed by atoms with Crippen molar-refractivity contribution < 1.29 is 0 Å². The summed E-state index contributed by atoms with van der Waals surface area (Å²) in [5.74, 6) is 3.51. The number of rotatable bonds is 4. The summed E-state index contributed by atoms with van der Waals surface area (Å²) in [6, 6.07) is 4.90. The average Bonchev–Trinajstić information content (AvgIpc) is 2.82. The first-order valence-electron chi connectivity index (χ1n) is 5.81. The van der Waals surface area contributed by atoms with Gasteiger partial charge >= 0.3 is 0 Å². The van der Waals surface area contributed by atoms with E-state index in [0.717, 1.165) is 12.4 Å². The molecule has 2 heterocycles. The number of nitrogens with one attached hydrogen (secondary N) is 1. The van der Waals surface area contributed by atoms with Crippen LogP contribution in [0.3, 0.4) is 0 Å². The van der Waals surface area contributed by atoms with Crippen LogP contribution in [0.1, 0.15) is 13.3 Å². The van der Waals surface area contributed by atoms with Gasteiger partial charge in [0.15, 0.2) is 0 Å². The van der Waals surface area contributed by atoms with Crippen LogP contribution >= 0.6 is 11.8 Å². The van der Waals surface area contributed by atoms with Crippen LogP contribution in [0.5, 0.6) is 0 Å². The highest BCUT2D eigenvalue weighted by molar-refractivity contribution is 7.99. The molecule has 1 saturated heterocycles. The molecule has 0 spiro atoms. The Morgan fingerprint density at radius 2 is 2.50 bits per heavy atom. The molecule has 1 fully saturated rings. The zero-order valence-electron chi connectivity index (χ0n) is 9.94. The van der Waals surface area contributed by atoms with E-state index in [1.54, 1.807) is 0 Å². The van der Waals surface area contributed by atoms with Gasteiger partial charge in [-0.1, -0.05) is 0 Å². The van der Waals surface area contributed by atoms with Crippen molar-refractivity contribution in [3.8, 4) is 0 Å². The molecule has 1 aliphatic heterocycles. The molecule has 0 radical (unpaired) electrons. The quantitative estimate of drug-likeness (QED) is 0.870. The third-order valence-corrected chi connectivity index (χ3v) is 4.11. The molecule has 1 aliphatic rings. The highest BCUT2D eigenvalue weighted by Gasteiger charge is 2.20. The second-order valence-electron chi connectivity index (χ2n) is 4.06. The van der Waals surface area contributed by atoms with Crippen molar-refractivity contribution in [3.63, 3.8) is 0 Å². The fraction of sp³-hybridized carbons (Fsp3) is 0.583. The van der Waals surface area contributed by atoms with Gasteiger partial charge in [-0.2, -0.15) is 11.8 Å². The van der Waals surface area contributed by atoms with E-state index in [1.807, 2.05) is 18.0 Å². The van der Waals surface area contributed by atoms with Crippen molar-refractivity contribution in [2.45, 2.75) is 19.4 Å². The van der Waals surface area contributed by atoms with Gasteiger partial charge in [-0.15, -0.1) is 0 Å². The fourth-order valence-electron chi connectivity index (χ4n) is 1.95. The summed E-state index contributed by atoms with van der Waals surface area (Å²) in [5, 5.41) is 3.25. The van der Waals surface area contributed by atoms with E-state index < -0.39 is 0 Å². The van der Waals surface area contributed by atoms with E-state index >= 15 is 0 Å². The highest BCUT2D eigenvalue weighted by atomic mass is 32.2. The van der Waals surface area contributed by atoms with Gasteiger partial charge in [0.05, 0.1) is 0 Å². The summed E-state index contributed by atoms with van der Waals surface area (Å²) in [5.41, 5.74) is 1.26. The summed E-state index contributed by atoms with van der Waals surface area (Å²) in [6.45, 7) is 3.01. The van der Waals surface area contributed by atoms with Gasteiger partial charge in [0.2, 0.25) is 0 Å². The molecule has 0 aromatic carbocycles. The molecule has 88 valence electrons. The van der Waals surface area contributed by atoms with Crippen molar-refractivity contribution in [1.29, 1.82) is 0 Å². The molecular formula is C12H19N3S. The molecule has 1 aromatic rings. The summed E-state index contributed by atoms with van der Waals surface area (Å²) in [4.78, 5) is 6.67. The van der Waals surface area contributed by atoms with Gasteiger partial charge in [-0.25, -0.2) is 4.98 Å². The maximum Gasteiger partial charge on any atom is 0.127 e. The minimum absolute atomic E-state index is 0.682. The molecule has 16 heavy (non-hydrogen) atoms. The summed E-state index contributed by atoms with van der Waals surface area (Å²) in [7, 11) is 2.18. The Bertz CT molecular complexity index is 337. The van der Waals surface area contributed by atoms with E-state index in [1.165, 1.54) is 23.6 Å². The van der Waals surface area contributed by atoms with Crippen LogP contribution in [0, 0.1) is 0 Å². The average molecular weight is 237 g/mol. The Kier molecular flexibility index (Phi) is 3.93. The first-order chi connectivity index (χ1) is 7.81. The van der Waals surface area contributed by atoms with Crippen molar-refractivity contribution in [3.05, 3.63) is 18.3 Å². The number of pyridine rings is 1. The summed E-state index contributed by atoms with van der Waals surface area (Å²) in [6.07, 6.45) is 3.17. The lowest BCUT2D eigenvalue weighted by molar-refractivity contribution is 0.700. The third-order valence-electron chi connectivity index (χ3n) is 2.96. The van der Waals surface area contributed by atoms with Crippen LogP contribution in [0.25, 0.3) is 0 Å². The first-order valence-corrected chi connectivity index (χ1v) is 6.97. The van der Waals surface area contributed by atoms with Crippen molar-refractivity contribution in [2.24, 2.45) is 0 Å². The predicted molar refractivity (Wildman–Crippen MR) is 72.5 cm³/mol. The lowest BCUT2D eigenvalue weighted by Gasteiger charge is -2.26. The van der Waals surface area contributed by atoms with Gasteiger partial charge in [0.1, 0.15) is 5.82 Å². The van der Waals surface area contributed by atoms with E-state index in [2.05, 4.69) is 41.3 Å². The molecule has 2 rings (SSSR count). The van der Waals surface area contributed by atoms with Crippen LogP contribution < -0.4 is 10.2 Å². The van der Waals surface area contributed by atoms with Crippen LogP contribution in [-0.2, 0) is 0 Å². The Morgan fingerprint density at radius 3 is 3.19 bits per heavy atom. The molecule has 0 saturated carbocycles. The predicted octanol–water partition coefficient (Wildman–Crippen LogP) is 2.46. The number of anilines is 2. The molecule has 0 aliphatic carbocycles. The largest absolute Gasteiger partial charge is 0.371 e. The van der Waals surface area contributed by atoms with Crippen LogP contribution in [0.2, 0.25) is 0 Å². The van der Waals surface area contributed by atoms with Crippen LogP contribution in [-0.4, -0.2) is 36.1 Å². The Balaban J connectivity index is 2.09. The minimum atomic E-state index is 0.682. The lowest BCUT2D eigenvalue weighted by Crippen LogP contribution is -2.31. The standard InChI is InChI=1S/C12H19N3S/c1-3-13-12-8-10(4-6-14-12)15(2)11-5-7-16-9-11/h4,6,8,11H,3,5,7,9H2,1-2H3,(H,13,14). The Labute approximate surface area is 102 Å². The minimum Gasteiger partial charge on any atom is -0.371 e. The zero-order valence-corrected chi connectivity index (χ0v) is 10.8. The van der Waals surface area contributed by atoms with Crippen molar-refractivity contribution in [2.75, 3.05) is 35.3 Å². The SMILES string of the molecule is CCNc1cc(N(C)C2CCSC2)ccn1. The second-order valence-corrected chi connectivity index (χ2v) is 5.21. The van der Waals surface area contributed by atoms with Crippen molar-refractivity contribution in [1.82, 2.24) is 4.98 Å². The zero-order chi connectivity index (χ0) is 11.4. The summed E-state index contributed by atoms with van der Waals surface area (Å²) >= 11 is 2.05.